The van der Waals surface area contributed by atoms with Crippen LogP contribution in [-0.2, 0) is 28.6 Å². The fourth-order valence-corrected chi connectivity index (χ4v) is 6.77. The van der Waals surface area contributed by atoms with E-state index in [2.05, 4.69) is 32.6 Å². The molecule has 0 aromatic rings. The lowest BCUT2D eigenvalue weighted by molar-refractivity contribution is -0.157. The lowest BCUT2D eigenvalue weighted by Gasteiger charge is -2.36. The number of carbonyl (C=O) groups is 3. The van der Waals surface area contributed by atoms with E-state index in [1.165, 1.54) is 0 Å². The fraction of sp³-hybridized carbons (Fsp3) is 0.927. The number of nitrogens with zero attached hydrogens (tertiary/aromatic N) is 1. The van der Waals surface area contributed by atoms with Gasteiger partial charge in [0, 0.05) is 13.1 Å². The van der Waals surface area contributed by atoms with E-state index in [0.717, 1.165) is 154 Å². The van der Waals surface area contributed by atoms with Crippen LogP contribution in [0.4, 0.5) is 0 Å². The Morgan fingerprint density at radius 1 is 0.592 bits per heavy atom. The Morgan fingerprint density at radius 3 is 1.37 bits per heavy atom. The second-order valence-electron chi connectivity index (χ2n) is 15.0. The minimum atomic E-state index is -0.971. The number of carbonyl (C=O) groups excluding carboxylic acids is 3. The minimum absolute atomic E-state index is 0.0264. The smallest absolute Gasteiger partial charge is 0.308 e. The highest BCUT2D eigenvalue weighted by Crippen LogP contribution is 2.27. The summed E-state index contributed by atoms with van der Waals surface area (Å²) in [4.78, 5) is 40.4. The first-order valence-electron chi connectivity index (χ1n) is 20.6. The van der Waals surface area contributed by atoms with Crippen LogP contribution in [-0.4, -0.2) is 73.0 Å². The van der Waals surface area contributed by atoms with E-state index in [9.17, 15) is 19.5 Å². The molecular weight excluding hydrogens is 618 g/mol. The van der Waals surface area contributed by atoms with Gasteiger partial charge in [-0.05, 0) is 84.1 Å². The van der Waals surface area contributed by atoms with Gasteiger partial charge in [-0.1, -0.05) is 105 Å². The maximum atomic E-state index is 13.0. The van der Waals surface area contributed by atoms with E-state index in [-0.39, 0.29) is 42.3 Å². The first-order valence-corrected chi connectivity index (χ1v) is 20.6. The third-order valence-corrected chi connectivity index (χ3v) is 10.3. The van der Waals surface area contributed by atoms with Crippen molar-refractivity contribution in [2.45, 2.75) is 200 Å². The summed E-state index contributed by atoms with van der Waals surface area (Å²) < 4.78 is 17.3. The van der Waals surface area contributed by atoms with E-state index in [1.54, 1.807) is 0 Å². The average molecular weight is 696 g/mol. The third kappa shape index (κ3) is 22.7. The molecule has 288 valence electrons. The van der Waals surface area contributed by atoms with Crippen molar-refractivity contribution in [1.82, 2.24) is 4.90 Å². The molecule has 0 spiro atoms. The summed E-state index contributed by atoms with van der Waals surface area (Å²) in [6, 6.07) is 0. The van der Waals surface area contributed by atoms with Gasteiger partial charge in [-0.25, -0.2) is 0 Å². The molecule has 49 heavy (non-hydrogen) atoms. The number of hydrogen-bond donors (Lipinski definition) is 1. The molecule has 1 heterocycles. The number of likely N-dealkylation sites (tertiary alicyclic amines) is 1. The molecule has 0 radical (unpaired) electrons. The molecular formula is C41H77NO7. The molecule has 8 heteroatoms. The predicted octanol–water partition coefficient (Wildman–Crippen LogP) is 9.73. The highest BCUT2D eigenvalue weighted by atomic mass is 16.5. The molecule has 1 aliphatic rings. The van der Waals surface area contributed by atoms with Crippen LogP contribution in [0, 0.1) is 11.8 Å². The van der Waals surface area contributed by atoms with Gasteiger partial charge in [0.25, 0.3) is 0 Å². The summed E-state index contributed by atoms with van der Waals surface area (Å²) >= 11 is 0. The largest absolute Gasteiger partial charge is 0.465 e. The Balaban J connectivity index is 2.46. The predicted molar refractivity (Wildman–Crippen MR) is 199 cm³/mol. The molecule has 0 amide bonds. The Labute approximate surface area is 301 Å². The van der Waals surface area contributed by atoms with Gasteiger partial charge in [-0.2, -0.15) is 0 Å². The molecule has 1 rings (SSSR count). The van der Waals surface area contributed by atoms with Gasteiger partial charge in [0.2, 0.25) is 0 Å². The summed E-state index contributed by atoms with van der Waals surface area (Å²) in [6.07, 6.45) is 22.6. The number of unbranched alkanes of at least 4 members (excludes halogenated alkanes) is 10. The third-order valence-electron chi connectivity index (χ3n) is 10.3. The maximum absolute atomic E-state index is 13.0. The lowest BCUT2D eigenvalue weighted by atomic mass is 9.88. The number of aliphatic hydroxyl groups is 1. The van der Waals surface area contributed by atoms with Crippen LogP contribution < -0.4 is 0 Å². The van der Waals surface area contributed by atoms with Crippen molar-refractivity contribution >= 4 is 17.9 Å². The van der Waals surface area contributed by atoms with Gasteiger partial charge >= 0.3 is 17.9 Å². The highest BCUT2D eigenvalue weighted by molar-refractivity contribution is 5.72. The Hall–Kier alpha value is -1.67. The number of hydrogen-bond acceptors (Lipinski definition) is 8. The van der Waals surface area contributed by atoms with Gasteiger partial charge in [-0.3, -0.25) is 14.4 Å². The molecule has 0 saturated carbocycles. The van der Waals surface area contributed by atoms with Gasteiger partial charge < -0.3 is 24.2 Å². The average Bonchev–Trinajstić information content (AvgIpc) is 3.08. The van der Waals surface area contributed by atoms with Crippen molar-refractivity contribution in [3.63, 3.8) is 0 Å². The van der Waals surface area contributed by atoms with Crippen molar-refractivity contribution < 1.29 is 33.7 Å². The van der Waals surface area contributed by atoms with Crippen LogP contribution in [0.15, 0.2) is 0 Å². The Morgan fingerprint density at radius 2 is 0.980 bits per heavy atom. The molecule has 1 aliphatic heterocycles. The number of piperidine rings is 1. The van der Waals surface area contributed by atoms with Gasteiger partial charge in [0.15, 0.2) is 0 Å². The van der Waals surface area contributed by atoms with Crippen LogP contribution in [0.5, 0.6) is 0 Å². The molecule has 0 unspecified atom stereocenters. The molecule has 0 aromatic heterocycles. The molecule has 1 saturated heterocycles. The zero-order chi connectivity index (χ0) is 36.2. The standard InChI is InChI=1S/C41H77NO7/c1-6-10-22-35(23-11-7-2)39(44)47-32-20-16-14-18-26-37(49-38(43)34-41(46)28-30-42(5)31-29-41)27-19-15-17-21-33-48-40(45)36(24-12-8-3)25-13-9-4/h35-37,46H,6-34H2,1-5H3. The number of esters is 3. The Bertz CT molecular complexity index is 780. The normalized spacial score (nSPS) is 14.9. The second-order valence-corrected chi connectivity index (χ2v) is 15.0. The van der Waals surface area contributed by atoms with Crippen LogP contribution in [0.3, 0.4) is 0 Å². The van der Waals surface area contributed by atoms with E-state index in [4.69, 9.17) is 14.2 Å². The van der Waals surface area contributed by atoms with Crippen LogP contribution in [0.2, 0.25) is 0 Å². The maximum Gasteiger partial charge on any atom is 0.308 e. The SMILES string of the molecule is CCCCC(CCCC)C(=O)OCCCCCCC(CCCCCCOC(=O)C(CCCC)CCCC)OC(=O)CC1(O)CCN(C)CC1. The molecule has 0 aliphatic carbocycles. The Kier molecular flexibility index (Phi) is 26.8. The van der Waals surface area contributed by atoms with E-state index < -0.39 is 5.60 Å². The molecule has 1 N–H and O–H groups in total. The van der Waals surface area contributed by atoms with Crippen LogP contribution >= 0.6 is 0 Å². The van der Waals surface area contributed by atoms with E-state index in [0.29, 0.717) is 26.1 Å². The van der Waals surface area contributed by atoms with Crippen molar-refractivity contribution in [3.8, 4) is 0 Å². The zero-order valence-corrected chi connectivity index (χ0v) is 32.6. The van der Waals surface area contributed by atoms with E-state index in [1.807, 2.05) is 7.05 Å². The van der Waals surface area contributed by atoms with Gasteiger partial charge in [0.1, 0.15) is 6.10 Å². The van der Waals surface area contributed by atoms with Crippen molar-refractivity contribution in [2.75, 3.05) is 33.4 Å². The summed E-state index contributed by atoms with van der Waals surface area (Å²) in [5, 5.41) is 11.0. The van der Waals surface area contributed by atoms with Gasteiger partial charge in [0.05, 0.1) is 37.1 Å². The molecule has 0 aromatic carbocycles. The summed E-state index contributed by atoms with van der Waals surface area (Å²) in [5.74, 6) is -0.270. The second kappa shape index (κ2) is 29.0. The topological polar surface area (TPSA) is 102 Å². The number of ether oxygens (including phenoxy) is 3. The minimum Gasteiger partial charge on any atom is -0.465 e. The van der Waals surface area contributed by atoms with Gasteiger partial charge in [-0.15, -0.1) is 0 Å². The highest BCUT2D eigenvalue weighted by Gasteiger charge is 2.34. The van der Waals surface area contributed by atoms with Crippen molar-refractivity contribution in [1.29, 1.82) is 0 Å². The van der Waals surface area contributed by atoms with Crippen LogP contribution in [0.1, 0.15) is 188 Å². The lowest BCUT2D eigenvalue weighted by Crippen LogP contribution is -2.44. The van der Waals surface area contributed by atoms with Crippen molar-refractivity contribution in [2.24, 2.45) is 11.8 Å². The van der Waals surface area contributed by atoms with Crippen molar-refractivity contribution in [3.05, 3.63) is 0 Å². The fourth-order valence-electron chi connectivity index (χ4n) is 6.77. The summed E-state index contributed by atoms with van der Waals surface area (Å²) in [5.41, 5.74) is -0.971. The molecule has 1 fully saturated rings. The molecule has 0 bridgehead atoms. The summed E-state index contributed by atoms with van der Waals surface area (Å²) in [7, 11) is 2.04. The summed E-state index contributed by atoms with van der Waals surface area (Å²) in [6.45, 7) is 11.2. The van der Waals surface area contributed by atoms with E-state index >= 15 is 0 Å². The number of rotatable bonds is 31. The first kappa shape index (κ1) is 45.4. The quantitative estimate of drug-likeness (QED) is 0.0435. The monoisotopic (exact) mass is 696 g/mol. The first-order chi connectivity index (χ1) is 23.7. The molecule has 0 atom stereocenters. The zero-order valence-electron chi connectivity index (χ0n) is 32.6. The molecule has 8 nitrogen and oxygen atoms in total. The van der Waals surface area contributed by atoms with Crippen LogP contribution in [0.25, 0.3) is 0 Å².